The Labute approximate surface area is 107 Å². The van der Waals surface area contributed by atoms with Gasteiger partial charge in [0.15, 0.2) is 6.61 Å². The van der Waals surface area contributed by atoms with Crippen LogP contribution in [0, 0.1) is 0 Å². The van der Waals surface area contributed by atoms with Crippen LogP contribution in [0.5, 0.6) is 0 Å². The summed E-state index contributed by atoms with van der Waals surface area (Å²) in [5, 5.41) is 0. The summed E-state index contributed by atoms with van der Waals surface area (Å²) in [5.41, 5.74) is 0. The standard InChI is InChI=1S/C12H19NO5/c1-4-13(5-2)10(14)9-18-12(16)8-7-11(15)17-6-3/h7-8H,4-6,9H2,1-3H3/b8-7+. The van der Waals surface area contributed by atoms with Crippen molar-refractivity contribution >= 4 is 17.8 Å². The number of carbonyl (C=O) groups is 3. The quantitative estimate of drug-likeness (QED) is 0.491. The summed E-state index contributed by atoms with van der Waals surface area (Å²) in [4.78, 5) is 35.1. The monoisotopic (exact) mass is 257 g/mol. The van der Waals surface area contributed by atoms with Gasteiger partial charge in [-0.05, 0) is 20.8 Å². The van der Waals surface area contributed by atoms with E-state index in [0.29, 0.717) is 13.1 Å². The molecule has 0 atom stereocenters. The average Bonchev–Trinajstić information content (AvgIpc) is 2.35. The number of esters is 2. The van der Waals surface area contributed by atoms with Crippen molar-refractivity contribution in [1.82, 2.24) is 4.90 Å². The van der Waals surface area contributed by atoms with Crippen molar-refractivity contribution in [3.63, 3.8) is 0 Å². The van der Waals surface area contributed by atoms with Gasteiger partial charge in [0.1, 0.15) is 0 Å². The van der Waals surface area contributed by atoms with Gasteiger partial charge in [0.05, 0.1) is 6.61 Å². The van der Waals surface area contributed by atoms with Crippen molar-refractivity contribution < 1.29 is 23.9 Å². The van der Waals surface area contributed by atoms with E-state index in [1.54, 1.807) is 11.8 Å². The molecule has 0 saturated carbocycles. The van der Waals surface area contributed by atoms with E-state index in [9.17, 15) is 14.4 Å². The summed E-state index contributed by atoms with van der Waals surface area (Å²) in [5.74, 6) is -1.63. The Morgan fingerprint density at radius 3 is 1.89 bits per heavy atom. The number of carbonyl (C=O) groups excluding carboxylic acids is 3. The van der Waals surface area contributed by atoms with Crippen molar-refractivity contribution in [2.75, 3.05) is 26.3 Å². The van der Waals surface area contributed by atoms with Crippen molar-refractivity contribution in [2.45, 2.75) is 20.8 Å². The molecule has 1 amide bonds. The summed E-state index contributed by atoms with van der Waals surface area (Å²) in [7, 11) is 0. The lowest BCUT2D eigenvalue weighted by Gasteiger charge is -2.17. The lowest BCUT2D eigenvalue weighted by atomic mass is 10.4. The van der Waals surface area contributed by atoms with Crippen LogP contribution in [0.2, 0.25) is 0 Å². The number of ether oxygens (including phenoxy) is 2. The molecular formula is C12H19NO5. The van der Waals surface area contributed by atoms with Crippen molar-refractivity contribution in [3.8, 4) is 0 Å². The van der Waals surface area contributed by atoms with E-state index in [1.165, 1.54) is 0 Å². The fourth-order valence-electron chi connectivity index (χ4n) is 1.18. The first kappa shape index (κ1) is 16.1. The maximum Gasteiger partial charge on any atom is 0.331 e. The number of nitrogens with zero attached hydrogens (tertiary/aromatic N) is 1. The van der Waals surface area contributed by atoms with Gasteiger partial charge < -0.3 is 14.4 Å². The molecule has 0 aliphatic rings. The van der Waals surface area contributed by atoms with E-state index in [1.807, 2.05) is 13.8 Å². The van der Waals surface area contributed by atoms with E-state index in [0.717, 1.165) is 12.2 Å². The van der Waals surface area contributed by atoms with Gasteiger partial charge in [-0.3, -0.25) is 4.79 Å². The Morgan fingerprint density at radius 2 is 1.44 bits per heavy atom. The molecule has 0 unspecified atom stereocenters. The first-order chi connectivity index (χ1) is 8.54. The second-order valence-corrected chi connectivity index (χ2v) is 3.26. The number of rotatable bonds is 7. The van der Waals surface area contributed by atoms with E-state index >= 15 is 0 Å². The molecule has 0 bridgehead atoms. The molecule has 0 fully saturated rings. The van der Waals surface area contributed by atoms with Crippen LogP contribution in [0.3, 0.4) is 0 Å². The van der Waals surface area contributed by atoms with Crippen LogP contribution >= 0.6 is 0 Å². The fourth-order valence-corrected chi connectivity index (χ4v) is 1.18. The van der Waals surface area contributed by atoms with Crippen molar-refractivity contribution in [1.29, 1.82) is 0 Å². The Hall–Kier alpha value is -1.85. The molecule has 0 radical (unpaired) electrons. The highest BCUT2D eigenvalue weighted by Gasteiger charge is 2.11. The summed E-state index contributed by atoms with van der Waals surface area (Å²) in [6.07, 6.45) is 1.90. The Bertz CT molecular complexity index is 320. The Balaban J connectivity index is 4.03. The minimum Gasteiger partial charge on any atom is -0.463 e. The summed E-state index contributed by atoms with van der Waals surface area (Å²) < 4.78 is 9.27. The first-order valence-corrected chi connectivity index (χ1v) is 5.84. The largest absolute Gasteiger partial charge is 0.463 e. The summed E-state index contributed by atoms with van der Waals surface area (Å²) >= 11 is 0. The van der Waals surface area contributed by atoms with Crippen LogP contribution in [0.15, 0.2) is 12.2 Å². The van der Waals surface area contributed by atoms with Crippen molar-refractivity contribution in [2.24, 2.45) is 0 Å². The van der Waals surface area contributed by atoms with Gasteiger partial charge >= 0.3 is 11.9 Å². The third-order valence-electron chi connectivity index (χ3n) is 2.10. The molecule has 0 aromatic heterocycles. The molecular weight excluding hydrogens is 238 g/mol. The molecule has 102 valence electrons. The molecule has 0 heterocycles. The lowest BCUT2D eigenvalue weighted by Crippen LogP contribution is -2.34. The maximum absolute atomic E-state index is 11.5. The molecule has 0 aliphatic carbocycles. The Kier molecular flexibility index (Phi) is 8.26. The highest BCUT2D eigenvalue weighted by atomic mass is 16.5. The molecule has 0 N–H and O–H groups in total. The zero-order valence-corrected chi connectivity index (χ0v) is 11.0. The van der Waals surface area contributed by atoms with E-state index in [2.05, 4.69) is 4.74 Å². The molecule has 0 saturated heterocycles. The van der Waals surface area contributed by atoms with Gasteiger partial charge in [0, 0.05) is 25.2 Å². The Morgan fingerprint density at radius 1 is 0.944 bits per heavy atom. The topological polar surface area (TPSA) is 72.9 Å². The molecule has 6 nitrogen and oxygen atoms in total. The van der Waals surface area contributed by atoms with Crippen LogP contribution in [0.4, 0.5) is 0 Å². The minimum atomic E-state index is -0.747. The molecule has 0 aromatic rings. The third-order valence-corrected chi connectivity index (χ3v) is 2.10. The van der Waals surface area contributed by atoms with Crippen molar-refractivity contribution in [3.05, 3.63) is 12.2 Å². The molecule has 6 heteroatoms. The number of hydrogen-bond donors (Lipinski definition) is 0. The third kappa shape index (κ3) is 6.67. The number of hydrogen-bond acceptors (Lipinski definition) is 5. The van der Waals surface area contributed by atoms with Gasteiger partial charge in [-0.1, -0.05) is 0 Å². The van der Waals surface area contributed by atoms with Crippen LogP contribution in [-0.2, 0) is 23.9 Å². The van der Waals surface area contributed by atoms with Crippen LogP contribution in [0.1, 0.15) is 20.8 Å². The number of likely N-dealkylation sites (N-methyl/N-ethyl adjacent to an activating group) is 1. The summed E-state index contributed by atoms with van der Waals surface area (Å²) in [6.45, 7) is 6.37. The minimum absolute atomic E-state index is 0.235. The second kappa shape index (κ2) is 9.21. The molecule has 0 rings (SSSR count). The van der Waals surface area contributed by atoms with E-state index in [4.69, 9.17) is 4.74 Å². The van der Waals surface area contributed by atoms with Crippen LogP contribution in [-0.4, -0.2) is 49.0 Å². The predicted molar refractivity (Wildman–Crippen MR) is 64.7 cm³/mol. The summed E-state index contributed by atoms with van der Waals surface area (Å²) in [6, 6.07) is 0. The SMILES string of the molecule is CCOC(=O)/C=C/C(=O)OCC(=O)N(CC)CC. The number of amides is 1. The van der Waals surface area contributed by atoms with Gasteiger partial charge in [0.2, 0.25) is 0 Å². The highest BCUT2D eigenvalue weighted by molar-refractivity contribution is 5.92. The fraction of sp³-hybridized carbons (Fsp3) is 0.583. The molecule has 0 aliphatic heterocycles. The first-order valence-electron chi connectivity index (χ1n) is 5.84. The normalized spacial score (nSPS) is 10.2. The van der Waals surface area contributed by atoms with Gasteiger partial charge in [0.25, 0.3) is 5.91 Å². The van der Waals surface area contributed by atoms with E-state index < -0.39 is 11.9 Å². The van der Waals surface area contributed by atoms with Gasteiger partial charge in [-0.15, -0.1) is 0 Å². The molecule has 18 heavy (non-hydrogen) atoms. The average molecular weight is 257 g/mol. The maximum atomic E-state index is 11.5. The molecule has 0 spiro atoms. The van der Waals surface area contributed by atoms with Crippen LogP contribution < -0.4 is 0 Å². The van der Waals surface area contributed by atoms with Gasteiger partial charge in [-0.25, -0.2) is 9.59 Å². The zero-order chi connectivity index (χ0) is 14.0. The van der Waals surface area contributed by atoms with Gasteiger partial charge in [-0.2, -0.15) is 0 Å². The predicted octanol–water partition coefficient (Wildman–Crippen LogP) is 0.517. The highest BCUT2D eigenvalue weighted by Crippen LogP contribution is 1.91. The lowest BCUT2D eigenvalue weighted by molar-refractivity contribution is -0.148. The zero-order valence-electron chi connectivity index (χ0n) is 11.0. The van der Waals surface area contributed by atoms with Crippen LogP contribution in [0.25, 0.3) is 0 Å². The second-order valence-electron chi connectivity index (χ2n) is 3.26. The smallest absolute Gasteiger partial charge is 0.331 e. The molecule has 0 aromatic carbocycles. The van der Waals surface area contributed by atoms with E-state index in [-0.39, 0.29) is 19.1 Å².